The molecule has 0 aliphatic rings. The van der Waals surface area contributed by atoms with E-state index in [1.807, 2.05) is 13.8 Å². The molecule has 0 saturated carbocycles. The van der Waals surface area contributed by atoms with E-state index in [2.05, 4.69) is 5.32 Å². The summed E-state index contributed by atoms with van der Waals surface area (Å²) < 4.78 is 0. The third-order valence-electron chi connectivity index (χ3n) is 2.06. The van der Waals surface area contributed by atoms with Crippen LogP contribution in [0.2, 0.25) is 0 Å². The second-order valence-corrected chi connectivity index (χ2v) is 3.13. The third-order valence-corrected chi connectivity index (χ3v) is 2.06. The van der Waals surface area contributed by atoms with Gasteiger partial charge in [0, 0.05) is 6.54 Å². The van der Waals surface area contributed by atoms with Gasteiger partial charge < -0.3 is 15.2 Å². The van der Waals surface area contributed by atoms with Gasteiger partial charge in [-0.15, -0.1) is 0 Å². The first kappa shape index (κ1) is 11.6. The van der Waals surface area contributed by atoms with Crippen molar-refractivity contribution in [1.82, 2.24) is 5.32 Å². The molecule has 72 valence electrons. The van der Waals surface area contributed by atoms with Crippen LogP contribution in [-0.2, 0) is 4.79 Å². The molecule has 0 radical (unpaired) electrons. The summed E-state index contributed by atoms with van der Waals surface area (Å²) in [6, 6.07) is 0. The maximum Gasteiger partial charge on any atom is 0.133 e. The van der Waals surface area contributed by atoms with Crippen LogP contribution in [0.1, 0.15) is 33.1 Å². The molecule has 3 nitrogen and oxygen atoms in total. The van der Waals surface area contributed by atoms with Crippen LogP contribution < -0.4 is 5.32 Å². The van der Waals surface area contributed by atoms with Crippen molar-refractivity contribution in [2.45, 2.75) is 38.7 Å². The van der Waals surface area contributed by atoms with Crippen LogP contribution in [0.3, 0.4) is 0 Å². The molecule has 0 aromatic rings. The molecule has 1 unspecified atom stereocenters. The highest BCUT2D eigenvalue weighted by Gasteiger charge is 2.22. The van der Waals surface area contributed by atoms with Crippen LogP contribution in [0, 0.1) is 0 Å². The predicted molar refractivity (Wildman–Crippen MR) is 49.1 cm³/mol. The van der Waals surface area contributed by atoms with E-state index < -0.39 is 5.60 Å². The number of aldehydes is 1. The van der Waals surface area contributed by atoms with E-state index in [-0.39, 0.29) is 0 Å². The molecule has 0 aromatic heterocycles. The fraction of sp³-hybridized carbons (Fsp3) is 0.889. The van der Waals surface area contributed by atoms with Crippen LogP contribution in [0.4, 0.5) is 0 Å². The van der Waals surface area contributed by atoms with Gasteiger partial charge in [-0.1, -0.05) is 20.3 Å². The molecule has 3 heteroatoms. The topological polar surface area (TPSA) is 49.3 Å². The van der Waals surface area contributed by atoms with E-state index in [1.165, 1.54) is 0 Å². The van der Waals surface area contributed by atoms with E-state index in [4.69, 9.17) is 0 Å². The van der Waals surface area contributed by atoms with Gasteiger partial charge >= 0.3 is 0 Å². The summed E-state index contributed by atoms with van der Waals surface area (Å²) in [6.45, 7) is 4.83. The SMILES string of the molecule is CCCC(O)(CC)CNCC=O. The molecule has 0 aliphatic carbocycles. The van der Waals surface area contributed by atoms with Gasteiger partial charge in [0.25, 0.3) is 0 Å². The van der Waals surface area contributed by atoms with Gasteiger partial charge in [0.1, 0.15) is 6.29 Å². The predicted octanol–water partition coefficient (Wildman–Crippen LogP) is 0.716. The van der Waals surface area contributed by atoms with Crippen LogP contribution in [-0.4, -0.2) is 30.1 Å². The first-order valence-corrected chi connectivity index (χ1v) is 4.55. The minimum Gasteiger partial charge on any atom is -0.389 e. The number of nitrogens with one attached hydrogen (secondary N) is 1. The van der Waals surface area contributed by atoms with Crippen LogP contribution in [0.15, 0.2) is 0 Å². The van der Waals surface area contributed by atoms with Gasteiger partial charge in [-0.3, -0.25) is 0 Å². The summed E-state index contributed by atoms with van der Waals surface area (Å²) >= 11 is 0. The fourth-order valence-corrected chi connectivity index (χ4v) is 1.22. The zero-order valence-corrected chi connectivity index (χ0v) is 7.97. The molecule has 0 aliphatic heterocycles. The average molecular weight is 173 g/mol. The Morgan fingerprint density at radius 2 is 2.17 bits per heavy atom. The maximum absolute atomic E-state index is 9.99. The van der Waals surface area contributed by atoms with E-state index in [9.17, 15) is 9.90 Å². The Hall–Kier alpha value is -0.410. The monoisotopic (exact) mass is 173 g/mol. The lowest BCUT2D eigenvalue weighted by molar-refractivity contribution is -0.107. The van der Waals surface area contributed by atoms with Crippen molar-refractivity contribution in [3.63, 3.8) is 0 Å². The highest BCUT2D eigenvalue weighted by molar-refractivity contribution is 5.51. The quantitative estimate of drug-likeness (QED) is 0.440. The molecule has 0 spiro atoms. The Labute approximate surface area is 74.2 Å². The van der Waals surface area contributed by atoms with Crippen molar-refractivity contribution in [2.75, 3.05) is 13.1 Å². The minimum atomic E-state index is -0.627. The summed E-state index contributed by atoms with van der Waals surface area (Å²) in [5, 5.41) is 12.8. The van der Waals surface area contributed by atoms with E-state index in [0.717, 1.165) is 25.5 Å². The van der Waals surface area contributed by atoms with Gasteiger partial charge in [-0.2, -0.15) is 0 Å². The Kier molecular flexibility index (Phi) is 5.93. The maximum atomic E-state index is 9.99. The highest BCUT2D eigenvalue weighted by Crippen LogP contribution is 2.15. The molecular weight excluding hydrogens is 154 g/mol. The van der Waals surface area contributed by atoms with Gasteiger partial charge in [-0.05, 0) is 12.8 Å². The lowest BCUT2D eigenvalue weighted by Gasteiger charge is -2.26. The summed E-state index contributed by atoms with van der Waals surface area (Å²) in [4.78, 5) is 9.99. The standard InChI is InChI=1S/C9H19NO2/c1-3-5-9(12,4-2)8-10-6-7-11/h7,10,12H,3-6,8H2,1-2H3. The Morgan fingerprint density at radius 1 is 1.50 bits per heavy atom. The number of hydrogen-bond donors (Lipinski definition) is 2. The van der Waals surface area contributed by atoms with Crippen LogP contribution in [0.5, 0.6) is 0 Å². The summed E-state index contributed by atoms with van der Waals surface area (Å²) in [6.07, 6.45) is 3.29. The number of carbonyl (C=O) groups excluding carboxylic acids is 1. The Balaban J connectivity index is 3.70. The van der Waals surface area contributed by atoms with Crippen molar-refractivity contribution in [1.29, 1.82) is 0 Å². The van der Waals surface area contributed by atoms with Crippen molar-refractivity contribution >= 4 is 6.29 Å². The number of hydrogen-bond acceptors (Lipinski definition) is 3. The molecular formula is C9H19NO2. The average Bonchev–Trinajstić information content (AvgIpc) is 2.06. The molecule has 0 heterocycles. The second kappa shape index (κ2) is 6.14. The molecule has 0 rings (SSSR count). The summed E-state index contributed by atoms with van der Waals surface area (Å²) in [5.74, 6) is 0. The number of aliphatic hydroxyl groups is 1. The minimum absolute atomic E-state index is 0.325. The highest BCUT2D eigenvalue weighted by atomic mass is 16.3. The fourth-order valence-electron chi connectivity index (χ4n) is 1.22. The molecule has 12 heavy (non-hydrogen) atoms. The van der Waals surface area contributed by atoms with E-state index >= 15 is 0 Å². The Bertz CT molecular complexity index is 128. The smallest absolute Gasteiger partial charge is 0.133 e. The Morgan fingerprint density at radius 3 is 2.58 bits per heavy atom. The van der Waals surface area contributed by atoms with E-state index in [0.29, 0.717) is 13.1 Å². The van der Waals surface area contributed by atoms with Gasteiger partial charge in [0.15, 0.2) is 0 Å². The molecule has 0 aromatic carbocycles. The van der Waals surface area contributed by atoms with Crippen molar-refractivity contribution in [2.24, 2.45) is 0 Å². The molecule has 0 fully saturated rings. The molecule has 2 N–H and O–H groups in total. The van der Waals surface area contributed by atoms with E-state index in [1.54, 1.807) is 0 Å². The zero-order chi connectivity index (χ0) is 9.45. The molecule has 0 bridgehead atoms. The van der Waals surface area contributed by atoms with Crippen molar-refractivity contribution in [3.8, 4) is 0 Å². The number of rotatable bonds is 7. The lowest BCUT2D eigenvalue weighted by atomic mass is 9.95. The zero-order valence-electron chi connectivity index (χ0n) is 7.97. The third kappa shape index (κ3) is 4.46. The van der Waals surface area contributed by atoms with Gasteiger partial charge in [0.2, 0.25) is 0 Å². The normalized spacial score (nSPS) is 15.6. The summed E-state index contributed by atoms with van der Waals surface area (Å²) in [5.41, 5.74) is -0.627. The van der Waals surface area contributed by atoms with Crippen LogP contribution >= 0.6 is 0 Å². The van der Waals surface area contributed by atoms with Gasteiger partial charge in [-0.25, -0.2) is 0 Å². The first-order valence-electron chi connectivity index (χ1n) is 4.55. The van der Waals surface area contributed by atoms with Crippen molar-refractivity contribution < 1.29 is 9.90 Å². The number of carbonyl (C=O) groups is 1. The van der Waals surface area contributed by atoms with Crippen molar-refractivity contribution in [3.05, 3.63) is 0 Å². The first-order chi connectivity index (χ1) is 5.68. The summed E-state index contributed by atoms with van der Waals surface area (Å²) in [7, 11) is 0. The largest absolute Gasteiger partial charge is 0.389 e. The molecule has 0 amide bonds. The molecule has 0 saturated heterocycles. The lowest BCUT2D eigenvalue weighted by Crippen LogP contribution is -2.40. The molecule has 1 atom stereocenters. The second-order valence-electron chi connectivity index (χ2n) is 3.13. The van der Waals surface area contributed by atoms with Crippen LogP contribution in [0.25, 0.3) is 0 Å². The van der Waals surface area contributed by atoms with Gasteiger partial charge in [0.05, 0.1) is 12.1 Å².